The molecular weight excluding hydrogens is 294 g/mol. The molecule has 2 atom stereocenters. The van der Waals surface area contributed by atoms with Crippen LogP contribution in [0.1, 0.15) is 27.7 Å². The van der Waals surface area contributed by atoms with Crippen molar-refractivity contribution in [2.75, 3.05) is 39.3 Å². The second kappa shape index (κ2) is 6.59. The SMILES string of the molecule is CC(=O)N1CCN2C[C@@H](CO[Si](C)(C)C(C)(C)C)NC[C@H]2C1. The first kappa shape index (κ1) is 17.9. The van der Waals surface area contributed by atoms with Crippen molar-refractivity contribution >= 4 is 14.2 Å². The molecule has 0 aromatic carbocycles. The minimum atomic E-state index is -1.67. The maximum absolute atomic E-state index is 11.5. The summed E-state index contributed by atoms with van der Waals surface area (Å²) in [7, 11) is -1.67. The lowest BCUT2D eigenvalue weighted by atomic mass is 10.1. The molecule has 6 heteroatoms. The number of carbonyl (C=O) groups excluding carboxylic acids is 1. The highest BCUT2D eigenvalue weighted by molar-refractivity contribution is 6.74. The van der Waals surface area contributed by atoms with Crippen LogP contribution in [0.3, 0.4) is 0 Å². The van der Waals surface area contributed by atoms with E-state index in [1.807, 2.05) is 4.90 Å². The minimum absolute atomic E-state index is 0.197. The monoisotopic (exact) mass is 327 g/mol. The van der Waals surface area contributed by atoms with Gasteiger partial charge in [0.15, 0.2) is 8.32 Å². The zero-order valence-corrected chi connectivity index (χ0v) is 16.1. The molecule has 0 aromatic heterocycles. The molecule has 5 nitrogen and oxygen atoms in total. The number of nitrogens with one attached hydrogen (secondary N) is 1. The highest BCUT2D eigenvalue weighted by Gasteiger charge is 2.39. The Hall–Kier alpha value is -0.433. The van der Waals surface area contributed by atoms with Gasteiger partial charge in [-0.25, -0.2) is 0 Å². The predicted molar refractivity (Wildman–Crippen MR) is 92.6 cm³/mol. The third-order valence-electron chi connectivity index (χ3n) is 5.60. The van der Waals surface area contributed by atoms with E-state index in [4.69, 9.17) is 4.43 Å². The maximum Gasteiger partial charge on any atom is 0.219 e. The highest BCUT2D eigenvalue weighted by atomic mass is 28.4. The van der Waals surface area contributed by atoms with Crippen LogP contribution in [0.15, 0.2) is 0 Å². The average Bonchev–Trinajstić information content (AvgIpc) is 2.43. The second-order valence-corrected chi connectivity index (χ2v) is 13.1. The van der Waals surface area contributed by atoms with Gasteiger partial charge in [-0.3, -0.25) is 9.69 Å². The van der Waals surface area contributed by atoms with Crippen molar-refractivity contribution in [3.63, 3.8) is 0 Å². The molecule has 2 saturated heterocycles. The summed E-state index contributed by atoms with van der Waals surface area (Å²) in [5.41, 5.74) is 0. The van der Waals surface area contributed by atoms with Crippen LogP contribution < -0.4 is 5.32 Å². The van der Waals surface area contributed by atoms with Gasteiger partial charge in [-0.1, -0.05) is 20.8 Å². The Morgan fingerprint density at radius 3 is 2.55 bits per heavy atom. The van der Waals surface area contributed by atoms with E-state index in [0.29, 0.717) is 12.1 Å². The Morgan fingerprint density at radius 1 is 1.27 bits per heavy atom. The standard InChI is InChI=1S/C16H33N3O2Si/c1-13(20)18-7-8-19-10-14(17-9-15(19)11-18)12-21-22(5,6)16(2,3)4/h14-15,17H,7-12H2,1-6H3/t14-,15-/m0/s1. The van der Waals surface area contributed by atoms with Crippen LogP contribution in [0.2, 0.25) is 18.1 Å². The van der Waals surface area contributed by atoms with Gasteiger partial charge in [0.1, 0.15) is 0 Å². The van der Waals surface area contributed by atoms with Crippen molar-refractivity contribution in [3.8, 4) is 0 Å². The molecule has 0 unspecified atom stereocenters. The van der Waals surface area contributed by atoms with E-state index in [1.54, 1.807) is 6.92 Å². The topological polar surface area (TPSA) is 44.8 Å². The Kier molecular flexibility index (Phi) is 5.37. The fourth-order valence-corrected chi connectivity index (χ4v) is 3.95. The molecular formula is C16H33N3O2Si. The van der Waals surface area contributed by atoms with Crippen LogP contribution in [-0.2, 0) is 9.22 Å². The second-order valence-electron chi connectivity index (χ2n) is 8.29. The number of hydrogen-bond acceptors (Lipinski definition) is 4. The molecule has 2 rings (SSSR count). The van der Waals surface area contributed by atoms with Gasteiger partial charge < -0.3 is 14.6 Å². The maximum atomic E-state index is 11.5. The molecule has 0 aliphatic carbocycles. The van der Waals surface area contributed by atoms with Gasteiger partial charge in [0.25, 0.3) is 0 Å². The summed E-state index contributed by atoms with van der Waals surface area (Å²) >= 11 is 0. The third-order valence-corrected chi connectivity index (χ3v) is 10.1. The van der Waals surface area contributed by atoms with Crippen LogP contribution in [-0.4, -0.2) is 75.4 Å². The van der Waals surface area contributed by atoms with Crippen molar-refractivity contribution in [1.82, 2.24) is 15.1 Å². The lowest BCUT2D eigenvalue weighted by molar-refractivity contribution is -0.132. The van der Waals surface area contributed by atoms with Gasteiger partial charge in [-0.05, 0) is 18.1 Å². The zero-order chi connectivity index (χ0) is 16.5. The lowest BCUT2D eigenvalue weighted by Crippen LogP contribution is -2.65. The van der Waals surface area contributed by atoms with Crippen molar-refractivity contribution in [2.24, 2.45) is 0 Å². The molecule has 2 aliphatic rings. The first-order valence-corrected chi connectivity index (χ1v) is 11.4. The first-order chi connectivity index (χ1) is 10.1. The average molecular weight is 328 g/mol. The zero-order valence-electron chi connectivity index (χ0n) is 15.1. The predicted octanol–water partition coefficient (Wildman–Crippen LogP) is 1.51. The van der Waals surface area contributed by atoms with E-state index in [1.165, 1.54) is 0 Å². The number of rotatable bonds is 3. The number of piperazine rings is 2. The summed E-state index contributed by atoms with van der Waals surface area (Å²) < 4.78 is 6.36. The van der Waals surface area contributed by atoms with Crippen molar-refractivity contribution < 1.29 is 9.22 Å². The molecule has 0 saturated carbocycles. The summed E-state index contributed by atoms with van der Waals surface area (Å²) in [4.78, 5) is 16.0. The molecule has 2 fully saturated rings. The van der Waals surface area contributed by atoms with Crippen molar-refractivity contribution in [2.45, 2.75) is 57.9 Å². The Labute approximate surface area is 136 Å². The van der Waals surface area contributed by atoms with Gasteiger partial charge in [-0.2, -0.15) is 0 Å². The smallest absolute Gasteiger partial charge is 0.219 e. The van der Waals surface area contributed by atoms with E-state index in [2.05, 4.69) is 44.1 Å². The molecule has 0 spiro atoms. The van der Waals surface area contributed by atoms with E-state index >= 15 is 0 Å². The lowest BCUT2D eigenvalue weighted by Gasteiger charge is -2.47. The summed E-state index contributed by atoms with van der Waals surface area (Å²) in [6.07, 6.45) is 0. The van der Waals surface area contributed by atoms with E-state index in [-0.39, 0.29) is 10.9 Å². The molecule has 1 amide bonds. The van der Waals surface area contributed by atoms with E-state index in [0.717, 1.165) is 39.3 Å². The summed E-state index contributed by atoms with van der Waals surface area (Å²) in [6, 6.07) is 0.871. The van der Waals surface area contributed by atoms with Crippen molar-refractivity contribution in [1.29, 1.82) is 0 Å². The first-order valence-electron chi connectivity index (χ1n) is 8.47. The number of hydrogen-bond donors (Lipinski definition) is 1. The van der Waals surface area contributed by atoms with Crippen molar-refractivity contribution in [3.05, 3.63) is 0 Å². The Morgan fingerprint density at radius 2 is 1.95 bits per heavy atom. The van der Waals surface area contributed by atoms with Gasteiger partial charge in [0.05, 0.1) is 6.61 Å². The number of fused-ring (bicyclic) bond motifs is 1. The number of nitrogens with zero attached hydrogens (tertiary/aromatic N) is 2. The number of amides is 1. The van der Waals surface area contributed by atoms with Crippen LogP contribution in [0, 0.1) is 0 Å². The van der Waals surface area contributed by atoms with E-state index in [9.17, 15) is 4.79 Å². The third kappa shape index (κ3) is 4.10. The summed E-state index contributed by atoms with van der Waals surface area (Å²) in [5, 5.41) is 3.88. The van der Waals surface area contributed by atoms with Gasteiger partial charge in [-0.15, -0.1) is 0 Å². The Balaban J connectivity index is 1.83. The summed E-state index contributed by atoms with van der Waals surface area (Å²) in [5.74, 6) is 0.197. The van der Waals surface area contributed by atoms with Gasteiger partial charge in [0, 0.05) is 51.7 Å². The molecule has 22 heavy (non-hydrogen) atoms. The molecule has 2 aliphatic heterocycles. The molecule has 0 aromatic rings. The van der Waals surface area contributed by atoms with E-state index < -0.39 is 8.32 Å². The largest absolute Gasteiger partial charge is 0.415 e. The molecule has 1 N–H and O–H groups in total. The van der Waals surface area contributed by atoms with Crippen LogP contribution in [0.4, 0.5) is 0 Å². The van der Waals surface area contributed by atoms with Crippen LogP contribution >= 0.6 is 0 Å². The normalized spacial score (nSPS) is 27.6. The van der Waals surface area contributed by atoms with Crippen LogP contribution in [0.5, 0.6) is 0 Å². The minimum Gasteiger partial charge on any atom is -0.415 e. The van der Waals surface area contributed by atoms with Gasteiger partial charge in [0.2, 0.25) is 5.91 Å². The molecule has 128 valence electrons. The van der Waals surface area contributed by atoms with Crippen LogP contribution in [0.25, 0.3) is 0 Å². The number of carbonyl (C=O) groups is 1. The highest BCUT2D eigenvalue weighted by Crippen LogP contribution is 2.36. The fraction of sp³-hybridized carbons (Fsp3) is 0.938. The fourth-order valence-electron chi connectivity index (χ4n) is 2.90. The Bertz CT molecular complexity index is 409. The molecule has 0 bridgehead atoms. The molecule has 2 heterocycles. The quantitative estimate of drug-likeness (QED) is 0.798. The summed E-state index contributed by atoms with van der Waals surface area (Å²) in [6.45, 7) is 18.6. The van der Waals surface area contributed by atoms with Gasteiger partial charge >= 0.3 is 0 Å². The molecule has 0 radical (unpaired) electrons.